The van der Waals surface area contributed by atoms with E-state index >= 15 is 0 Å². The van der Waals surface area contributed by atoms with Gasteiger partial charge in [0.15, 0.2) is 5.75 Å². The van der Waals surface area contributed by atoms with Gasteiger partial charge in [0.05, 0.1) is 12.7 Å². The van der Waals surface area contributed by atoms with Crippen LogP contribution in [0.15, 0.2) is 9.17 Å². The van der Waals surface area contributed by atoms with Crippen molar-refractivity contribution < 1.29 is 9.53 Å². The molecule has 3 nitrogen and oxygen atoms in total. The van der Waals surface area contributed by atoms with E-state index in [1.54, 1.807) is 7.11 Å². The van der Waals surface area contributed by atoms with Crippen LogP contribution in [0.5, 0.6) is 5.75 Å². The predicted molar refractivity (Wildman–Crippen MR) is 86.9 cm³/mol. The first-order chi connectivity index (χ1) is 10.1. The molecule has 0 radical (unpaired) electrons. The number of rotatable bonds is 3. The highest BCUT2D eigenvalue weighted by Gasteiger charge is 2.51. The summed E-state index contributed by atoms with van der Waals surface area (Å²) in [4.78, 5) is 12.7. The van der Waals surface area contributed by atoms with Crippen molar-refractivity contribution in [3.8, 4) is 5.75 Å². The minimum absolute atomic E-state index is 0.0377. The molecular formula is C16H20BrNO2S. The minimum atomic E-state index is 0.0377. The summed E-state index contributed by atoms with van der Waals surface area (Å²) < 4.78 is 6.25. The van der Waals surface area contributed by atoms with Crippen molar-refractivity contribution in [1.29, 1.82) is 0 Å². The third kappa shape index (κ3) is 2.33. The maximum Gasteiger partial charge on any atom is 0.256 e. The lowest BCUT2D eigenvalue weighted by Gasteiger charge is -2.56. The van der Waals surface area contributed by atoms with Crippen LogP contribution >= 0.6 is 27.3 Å². The second-order valence-electron chi connectivity index (χ2n) is 7.11. The van der Waals surface area contributed by atoms with E-state index < -0.39 is 0 Å². The summed E-state index contributed by atoms with van der Waals surface area (Å²) in [6.07, 6.45) is 7.71. The van der Waals surface area contributed by atoms with E-state index in [1.165, 1.54) is 49.9 Å². The molecule has 0 aliphatic heterocycles. The number of carbonyl (C=O) groups is 1. The second-order valence-corrected chi connectivity index (χ2v) is 9.31. The largest absolute Gasteiger partial charge is 0.494 e. The molecule has 21 heavy (non-hydrogen) atoms. The molecule has 5 rings (SSSR count). The summed E-state index contributed by atoms with van der Waals surface area (Å²) in [6, 6.07) is 0. The van der Waals surface area contributed by atoms with Crippen LogP contribution in [-0.2, 0) is 0 Å². The molecule has 4 bridgehead atoms. The number of ether oxygens (including phenoxy) is 1. The van der Waals surface area contributed by atoms with Crippen LogP contribution in [0.1, 0.15) is 48.9 Å². The third-order valence-electron chi connectivity index (χ3n) is 5.57. The lowest BCUT2D eigenvalue weighted by atomic mass is 9.53. The summed E-state index contributed by atoms with van der Waals surface area (Å²) in [5.41, 5.74) is 0.732. The molecule has 1 aromatic heterocycles. The Bertz CT molecular complexity index is 548. The number of methoxy groups -OCH3 is 1. The van der Waals surface area contributed by atoms with Gasteiger partial charge in [-0.25, -0.2) is 0 Å². The zero-order valence-corrected chi connectivity index (χ0v) is 14.6. The minimum Gasteiger partial charge on any atom is -0.494 e. The van der Waals surface area contributed by atoms with Crippen LogP contribution in [0, 0.1) is 17.8 Å². The molecule has 0 aromatic carbocycles. The van der Waals surface area contributed by atoms with Gasteiger partial charge in [0.1, 0.15) is 3.79 Å². The van der Waals surface area contributed by atoms with Crippen molar-refractivity contribution in [2.45, 2.75) is 44.1 Å². The zero-order valence-electron chi connectivity index (χ0n) is 12.2. The maximum absolute atomic E-state index is 12.7. The lowest BCUT2D eigenvalue weighted by Crippen LogP contribution is -2.59. The number of nitrogens with one attached hydrogen (secondary N) is 1. The molecule has 5 heteroatoms. The number of hydrogen-bond acceptors (Lipinski definition) is 3. The molecule has 1 aromatic rings. The highest BCUT2D eigenvalue weighted by atomic mass is 79.9. The molecule has 114 valence electrons. The quantitative estimate of drug-likeness (QED) is 0.865. The summed E-state index contributed by atoms with van der Waals surface area (Å²) in [7, 11) is 1.62. The third-order valence-corrected chi connectivity index (χ3v) is 7.24. The van der Waals surface area contributed by atoms with Crippen LogP contribution in [-0.4, -0.2) is 18.6 Å². The average Bonchev–Trinajstić information content (AvgIpc) is 2.77. The van der Waals surface area contributed by atoms with Gasteiger partial charge < -0.3 is 10.1 Å². The van der Waals surface area contributed by atoms with Crippen molar-refractivity contribution in [1.82, 2.24) is 5.32 Å². The Balaban J connectivity index is 1.57. The number of halogens is 1. The SMILES string of the molecule is COc1c(C(=O)NC23CC4CC(CC(C4)C2)C3)csc1Br. The molecule has 0 saturated heterocycles. The van der Waals surface area contributed by atoms with E-state index in [2.05, 4.69) is 21.2 Å². The maximum atomic E-state index is 12.7. The standard InChI is InChI=1S/C16H20BrNO2S/c1-20-13-12(8-21-14(13)17)15(19)18-16-5-9-2-10(6-16)4-11(3-9)7-16/h8-11H,2-7H2,1H3,(H,18,19). The molecule has 0 unspecified atom stereocenters. The van der Waals surface area contributed by atoms with Crippen molar-refractivity contribution in [3.05, 3.63) is 14.7 Å². The number of amides is 1. The molecule has 1 N–H and O–H groups in total. The highest BCUT2D eigenvalue weighted by Crippen LogP contribution is 2.55. The van der Waals surface area contributed by atoms with Crippen LogP contribution in [0.2, 0.25) is 0 Å². The van der Waals surface area contributed by atoms with E-state index in [0.717, 1.165) is 21.5 Å². The molecule has 4 aliphatic carbocycles. The molecule has 0 spiro atoms. The van der Waals surface area contributed by atoms with E-state index in [1.807, 2.05) is 5.38 Å². The van der Waals surface area contributed by atoms with Crippen molar-refractivity contribution >= 4 is 33.2 Å². The fourth-order valence-electron chi connectivity index (χ4n) is 5.24. The van der Waals surface area contributed by atoms with Gasteiger partial charge in [-0.05, 0) is 72.2 Å². The molecule has 1 amide bonds. The molecule has 4 fully saturated rings. The zero-order chi connectivity index (χ0) is 14.6. The Labute approximate surface area is 137 Å². The van der Waals surface area contributed by atoms with Crippen LogP contribution in [0.4, 0.5) is 0 Å². The molecule has 1 heterocycles. The number of thiophene rings is 1. The Morgan fingerprint density at radius 3 is 2.38 bits per heavy atom. The van der Waals surface area contributed by atoms with Gasteiger partial charge in [0, 0.05) is 10.9 Å². The van der Waals surface area contributed by atoms with Gasteiger partial charge in [0.2, 0.25) is 0 Å². The molecule has 4 saturated carbocycles. The fraction of sp³-hybridized carbons (Fsp3) is 0.688. The van der Waals surface area contributed by atoms with Crippen molar-refractivity contribution in [2.24, 2.45) is 17.8 Å². The first-order valence-electron chi connectivity index (χ1n) is 7.72. The van der Waals surface area contributed by atoms with Gasteiger partial charge >= 0.3 is 0 Å². The van der Waals surface area contributed by atoms with E-state index in [9.17, 15) is 4.79 Å². The Morgan fingerprint density at radius 2 is 1.86 bits per heavy atom. The van der Waals surface area contributed by atoms with Gasteiger partial charge in [-0.2, -0.15) is 0 Å². The van der Waals surface area contributed by atoms with Crippen molar-refractivity contribution in [2.75, 3.05) is 7.11 Å². The number of hydrogen-bond donors (Lipinski definition) is 1. The van der Waals surface area contributed by atoms with Crippen molar-refractivity contribution in [3.63, 3.8) is 0 Å². The van der Waals surface area contributed by atoms with Gasteiger partial charge in [-0.15, -0.1) is 11.3 Å². The van der Waals surface area contributed by atoms with E-state index in [0.29, 0.717) is 11.3 Å². The van der Waals surface area contributed by atoms with Gasteiger partial charge in [-0.1, -0.05) is 0 Å². The Hall–Kier alpha value is -0.550. The number of carbonyl (C=O) groups excluding carboxylic acids is 1. The second kappa shape index (κ2) is 4.98. The summed E-state index contributed by atoms with van der Waals surface area (Å²) >= 11 is 4.96. The first kappa shape index (κ1) is 14.1. The van der Waals surface area contributed by atoms with Gasteiger partial charge in [0.25, 0.3) is 5.91 Å². The normalized spacial score (nSPS) is 36.8. The average molecular weight is 370 g/mol. The van der Waals surface area contributed by atoms with E-state index in [-0.39, 0.29) is 11.4 Å². The van der Waals surface area contributed by atoms with Crippen LogP contribution < -0.4 is 10.1 Å². The summed E-state index contributed by atoms with van der Waals surface area (Å²) in [5, 5.41) is 5.28. The first-order valence-corrected chi connectivity index (χ1v) is 9.39. The Kier molecular flexibility index (Phi) is 3.34. The summed E-state index contributed by atoms with van der Waals surface area (Å²) in [6.45, 7) is 0. The van der Waals surface area contributed by atoms with Gasteiger partial charge in [-0.3, -0.25) is 4.79 Å². The monoisotopic (exact) mass is 369 g/mol. The smallest absolute Gasteiger partial charge is 0.256 e. The van der Waals surface area contributed by atoms with Crippen LogP contribution in [0.3, 0.4) is 0 Å². The lowest BCUT2D eigenvalue weighted by molar-refractivity contribution is -0.0167. The molecule has 0 atom stereocenters. The topological polar surface area (TPSA) is 38.3 Å². The Morgan fingerprint density at radius 1 is 1.29 bits per heavy atom. The predicted octanol–water partition coefficient (Wildman–Crippen LogP) is 4.22. The fourth-order valence-corrected chi connectivity index (χ4v) is 6.63. The van der Waals surface area contributed by atoms with Crippen LogP contribution in [0.25, 0.3) is 0 Å². The highest BCUT2D eigenvalue weighted by molar-refractivity contribution is 9.11. The summed E-state index contributed by atoms with van der Waals surface area (Å²) in [5.74, 6) is 3.23. The molecular weight excluding hydrogens is 350 g/mol. The van der Waals surface area contributed by atoms with E-state index in [4.69, 9.17) is 4.74 Å². The molecule has 4 aliphatic rings.